The lowest BCUT2D eigenvalue weighted by atomic mass is 10.2. The summed E-state index contributed by atoms with van der Waals surface area (Å²) in [5, 5.41) is 8.92. The standard InChI is InChI=1S/C8H14N2O2/c11-8(12)7-6-9-2-1-3-10(7)5-4-9/h7H,1-6H2,(H,11,12)/t7-/m0/s1. The first kappa shape index (κ1) is 8.01. The minimum atomic E-state index is -0.665. The van der Waals surface area contributed by atoms with E-state index in [1.54, 1.807) is 0 Å². The van der Waals surface area contributed by atoms with Gasteiger partial charge in [-0.2, -0.15) is 0 Å². The molecule has 12 heavy (non-hydrogen) atoms. The molecule has 0 spiro atoms. The maximum atomic E-state index is 10.8. The quantitative estimate of drug-likeness (QED) is 0.574. The number of fused-ring (bicyclic) bond motifs is 4. The van der Waals surface area contributed by atoms with Gasteiger partial charge in [0.25, 0.3) is 0 Å². The van der Waals surface area contributed by atoms with Crippen LogP contribution >= 0.6 is 0 Å². The molecule has 0 aromatic carbocycles. The second-order valence-corrected chi connectivity index (χ2v) is 3.54. The van der Waals surface area contributed by atoms with Crippen molar-refractivity contribution in [2.45, 2.75) is 12.5 Å². The number of carboxylic acid groups (broad SMARTS) is 1. The van der Waals surface area contributed by atoms with Gasteiger partial charge in [0.05, 0.1) is 0 Å². The summed E-state index contributed by atoms with van der Waals surface area (Å²) in [5.41, 5.74) is 0. The predicted molar refractivity (Wildman–Crippen MR) is 44.1 cm³/mol. The molecule has 3 atom stereocenters. The number of hydrogen-bond donors (Lipinski definition) is 1. The molecule has 3 aliphatic rings. The summed E-state index contributed by atoms with van der Waals surface area (Å²) in [7, 11) is 0. The highest BCUT2D eigenvalue weighted by molar-refractivity contribution is 5.74. The number of carboxylic acids is 1. The van der Waals surface area contributed by atoms with Crippen molar-refractivity contribution in [1.82, 2.24) is 9.80 Å². The Morgan fingerprint density at radius 3 is 2.83 bits per heavy atom. The normalized spacial score (nSPS) is 40.8. The summed E-state index contributed by atoms with van der Waals surface area (Å²) >= 11 is 0. The molecular weight excluding hydrogens is 156 g/mol. The maximum Gasteiger partial charge on any atom is 0.322 e. The predicted octanol–water partition coefficient (Wildman–Crippen LogP) is -0.539. The third kappa shape index (κ3) is 1.32. The first-order valence-corrected chi connectivity index (χ1v) is 4.46. The summed E-state index contributed by atoms with van der Waals surface area (Å²) in [6.45, 7) is 4.71. The molecule has 3 rings (SSSR count). The van der Waals surface area contributed by atoms with Crippen LogP contribution in [0, 0.1) is 0 Å². The monoisotopic (exact) mass is 170 g/mol. The Kier molecular flexibility index (Phi) is 2.02. The summed E-state index contributed by atoms with van der Waals surface area (Å²) in [6, 6.07) is -0.249. The lowest BCUT2D eigenvalue weighted by molar-refractivity contribution is -0.144. The van der Waals surface area contributed by atoms with Crippen molar-refractivity contribution in [3.63, 3.8) is 0 Å². The van der Waals surface area contributed by atoms with Crippen molar-refractivity contribution in [1.29, 1.82) is 0 Å². The first-order valence-electron chi connectivity index (χ1n) is 4.46. The van der Waals surface area contributed by atoms with E-state index in [1.165, 1.54) is 0 Å². The van der Waals surface area contributed by atoms with E-state index in [-0.39, 0.29) is 6.04 Å². The second-order valence-electron chi connectivity index (χ2n) is 3.54. The number of nitrogens with zero attached hydrogens (tertiary/aromatic N) is 2. The second kappa shape index (κ2) is 3.03. The zero-order valence-electron chi connectivity index (χ0n) is 7.07. The maximum absolute atomic E-state index is 10.8. The van der Waals surface area contributed by atoms with Crippen LogP contribution in [0.25, 0.3) is 0 Å². The summed E-state index contributed by atoms with van der Waals surface area (Å²) in [5.74, 6) is -0.665. The highest BCUT2D eigenvalue weighted by Gasteiger charge is 2.33. The number of aliphatic carboxylic acids is 1. The zero-order valence-corrected chi connectivity index (χ0v) is 7.07. The van der Waals surface area contributed by atoms with E-state index in [0.29, 0.717) is 0 Å². The number of hydrogen-bond acceptors (Lipinski definition) is 3. The van der Waals surface area contributed by atoms with Crippen molar-refractivity contribution in [3.8, 4) is 0 Å². The molecule has 0 saturated carbocycles. The highest BCUT2D eigenvalue weighted by atomic mass is 16.4. The van der Waals surface area contributed by atoms with Gasteiger partial charge in [-0.1, -0.05) is 0 Å². The molecule has 4 heteroatoms. The molecule has 0 aromatic heterocycles. The topological polar surface area (TPSA) is 43.8 Å². The molecule has 3 heterocycles. The van der Waals surface area contributed by atoms with Crippen LogP contribution in [0.4, 0.5) is 0 Å². The van der Waals surface area contributed by atoms with E-state index >= 15 is 0 Å². The van der Waals surface area contributed by atoms with Crippen LogP contribution in [0.2, 0.25) is 0 Å². The molecule has 0 aromatic rings. The van der Waals surface area contributed by atoms with Crippen molar-refractivity contribution >= 4 is 5.97 Å². The molecule has 3 fully saturated rings. The Morgan fingerprint density at radius 2 is 2.08 bits per heavy atom. The van der Waals surface area contributed by atoms with E-state index in [1.807, 2.05) is 0 Å². The average molecular weight is 170 g/mol. The molecule has 0 radical (unpaired) electrons. The Labute approximate surface area is 71.8 Å². The van der Waals surface area contributed by atoms with Gasteiger partial charge in [0.15, 0.2) is 0 Å². The Balaban J connectivity index is 2.11. The first-order chi connectivity index (χ1) is 5.77. The van der Waals surface area contributed by atoms with Crippen LogP contribution in [0.1, 0.15) is 6.42 Å². The Hall–Kier alpha value is -0.610. The fourth-order valence-electron chi connectivity index (χ4n) is 2.08. The van der Waals surface area contributed by atoms with Crippen LogP contribution in [-0.2, 0) is 4.79 Å². The van der Waals surface area contributed by atoms with E-state index in [2.05, 4.69) is 9.80 Å². The number of piperazine rings is 1. The third-order valence-corrected chi connectivity index (χ3v) is 2.78. The van der Waals surface area contributed by atoms with Crippen molar-refractivity contribution < 1.29 is 9.90 Å². The van der Waals surface area contributed by atoms with Gasteiger partial charge < -0.3 is 5.11 Å². The molecule has 1 N–H and O–H groups in total. The molecule has 2 bridgehead atoms. The van der Waals surface area contributed by atoms with E-state index in [4.69, 9.17) is 5.11 Å². The van der Waals surface area contributed by atoms with Gasteiger partial charge in [0.2, 0.25) is 0 Å². The van der Waals surface area contributed by atoms with Crippen LogP contribution in [0.5, 0.6) is 0 Å². The Bertz CT molecular complexity index is 191. The fourth-order valence-corrected chi connectivity index (χ4v) is 2.08. The molecule has 0 aliphatic carbocycles. The molecule has 2 unspecified atom stereocenters. The van der Waals surface area contributed by atoms with Gasteiger partial charge in [0, 0.05) is 26.2 Å². The number of rotatable bonds is 1. The summed E-state index contributed by atoms with van der Waals surface area (Å²) in [4.78, 5) is 15.2. The molecule has 68 valence electrons. The largest absolute Gasteiger partial charge is 0.480 e. The highest BCUT2D eigenvalue weighted by Crippen LogP contribution is 2.15. The van der Waals surface area contributed by atoms with Crippen LogP contribution in [-0.4, -0.2) is 59.6 Å². The molecule has 4 nitrogen and oxygen atoms in total. The average Bonchev–Trinajstić information content (AvgIpc) is 2.36. The lowest BCUT2D eigenvalue weighted by Crippen LogP contribution is -2.53. The SMILES string of the molecule is O=C(O)[C@@H]1CN2CCCN1CC2. The smallest absolute Gasteiger partial charge is 0.322 e. The molecule has 0 amide bonds. The van der Waals surface area contributed by atoms with Gasteiger partial charge in [0.1, 0.15) is 6.04 Å². The van der Waals surface area contributed by atoms with Crippen molar-refractivity contribution in [2.24, 2.45) is 0 Å². The zero-order chi connectivity index (χ0) is 8.55. The van der Waals surface area contributed by atoms with Crippen LogP contribution < -0.4 is 0 Å². The van der Waals surface area contributed by atoms with Gasteiger partial charge in [-0.15, -0.1) is 0 Å². The fraction of sp³-hybridized carbons (Fsp3) is 0.875. The van der Waals surface area contributed by atoms with Crippen LogP contribution in [0.15, 0.2) is 0 Å². The van der Waals surface area contributed by atoms with E-state index in [0.717, 1.165) is 39.1 Å². The molecular formula is C8H14N2O2. The van der Waals surface area contributed by atoms with Crippen molar-refractivity contribution in [2.75, 3.05) is 32.7 Å². The van der Waals surface area contributed by atoms with E-state index in [9.17, 15) is 4.79 Å². The Morgan fingerprint density at radius 1 is 1.25 bits per heavy atom. The molecule has 3 saturated heterocycles. The van der Waals surface area contributed by atoms with Gasteiger partial charge in [-0.3, -0.25) is 14.6 Å². The van der Waals surface area contributed by atoms with E-state index < -0.39 is 5.97 Å². The summed E-state index contributed by atoms with van der Waals surface area (Å²) < 4.78 is 0. The number of carbonyl (C=O) groups is 1. The van der Waals surface area contributed by atoms with Gasteiger partial charge in [-0.25, -0.2) is 0 Å². The molecule has 3 aliphatic heterocycles. The third-order valence-electron chi connectivity index (χ3n) is 2.78. The van der Waals surface area contributed by atoms with Gasteiger partial charge >= 0.3 is 5.97 Å². The summed E-state index contributed by atoms with van der Waals surface area (Å²) in [6.07, 6.45) is 1.11. The lowest BCUT2D eigenvalue weighted by Gasteiger charge is -2.34. The minimum absolute atomic E-state index is 0.249. The minimum Gasteiger partial charge on any atom is -0.480 e. The van der Waals surface area contributed by atoms with Crippen LogP contribution in [0.3, 0.4) is 0 Å². The van der Waals surface area contributed by atoms with Crippen molar-refractivity contribution in [3.05, 3.63) is 0 Å². The van der Waals surface area contributed by atoms with Gasteiger partial charge in [-0.05, 0) is 13.0 Å².